The molecule has 0 fully saturated rings. The van der Waals surface area contributed by atoms with Gasteiger partial charge in [-0.1, -0.05) is 35.5 Å². The number of nitrogens with one attached hydrogen (secondary N) is 1. The predicted octanol–water partition coefficient (Wildman–Crippen LogP) is 2.67. The van der Waals surface area contributed by atoms with Crippen molar-refractivity contribution in [3.8, 4) is 23.1 Å². The highest BCUT2D eigenvalue weighted by atomic mass is 16.5. The van der Waals surface area contributed by atoms with Crippen molar-refractivity contribution in [1.82, 2.24) is 25.3 Å². The Kier molecular flexibility index (Phi) is 2.32. The summed E-state index contributed by atoms with van der Waals surface area (Å²) >= 11 is 0. The van der Waals surface area contributed by atoms with E-state index in [9.17, 15) is 0 Å². The van der Waals surface area contributed by atoms with Crippen LogP contribution in [0.1, 0.15) is 0 Å². The van der Waals surface area contributed by atoms with Crippen molar-refractivity contribution in [3.63, 3.8) is 0 Å². The molecule has 6 heteroatoms. The molecule has 6 nitrogen and oxygen atoms in total. The Morgan fingerprint density at radius 3 is 2.75 bits per heavy atom. The van der Waals surface area contributed by atoms with Crippen LogP contribution >= 0.6 is 0 Å². The molecule has 0 radical (unpaired) electrons. The van der Waals surface area contributed by atoms with E-state index in [0.717, 1.165) is 10.9 Å². The van der Waals surface area contributed by atoms with Gasteiger partial charge in [-0.05, 0) is 22.9 Å². The van der Waals surface area contributed by atoms with Gasteiger partial charge in [0, 0.05) is 5.56 Å². The molecule has 0 unspecified atom stereocenters. The third-order valence-electron chi connectivity index (χ3n) is 3.05. The molecule has 0 saturated carbocycles. The van der Waals surface area contributed by atoms with Crippen molar-refractivity contribution >= 4 is 10.8 Å². The molecule has 0 amide bonds. The molecule has 1 N–H and O–H groups in total. The van der Waals surface area contributed by atoms with E-state index in [0.29, 0.717) is 17.5 Å². The van der Waals surface area contributed by atoms with E-state index in [2.05, 4.69) is 31.4 Å². The molecule has 2 aromatic carbocycles. The van der Waals surface area contributed by atoms with Crippen LogP contribution in [0.15, 0.2) is 53.3 Å². The summed E-state index contributed by atoms with van der Waals surface area (Å²) in [6, 6.07) is 14.1. The third kappa shape index (κ3) is 1.74. The molecule has 0 aliphatic heterocycles. The normalized spacial score (nSPS) is 11.0. The quantitative estimate of drug-likeness (QED) is 0.601. The fourth-order valence-electron chi connectivity index (χ4n) is 2.07. The maximum atomic E-state index is 5.27. The first kappa shape index (κ1) is 10.9. The van der Waals surface area contributed by atoms with Gasteiger partial charge in [0.1, 0.15) is 6.33 Å². The van der Waals surface area contributed by atoms with Crippen molar-refractivity contribution in [3.05, 3.63) is 48.8 Å². The smallest absolute Gasteiger partial charge is 0.258 e. The number of nitrogens with zero attached hydrogens (tertiary/aromatic N) is 4. The summed E-state index contributed by atoms with van der Waals surface area (Å²) in [4.78, 5) is 8.31. The zero-order valence-corrected chi connectivity index (χ0v) is 10.3. The van der Waals surface area contributed by atoms with Crippen molar-refractivity contribution in [1.29, 1.82) is 0 Å². The first-order valence-corrected chi connectivity index (χ1v) is 6.09. The maximum absolute atomic E-state index is 5.27. The minimum Gasteiger partial charge on any atom is -0.334 e. The molecule has 0 bridgehead atoms. The molecule has 4 aromatic rings. The molecule has 96 valence electrons. The Morgan fingerprint density at radius 2 is 1.90 bits per heavy atom. The fourth-order valence-corrected chi connectivity index (χ4v) is 2.07. The summed E-state index contributed by atoms with van der Waals surface area (Å²) in [6.07, 6.45) is 1.40. The third-order valence-corrected chi connectivity index (χ3v) is 3.05. The number of benzene rings is 2. The number of aromatic nitrogens is 5. The second-order valence-corrected chi connectivity index (χ2v) is 4.32. The standard InChI is InChI=1S/C14H9N5O/c1-2-4-10-7-11(6-5-9(10)3-1)14-17-13(19-20-14)12-15-8-16-18-12/h1-8H,(H,15,16,18). The minimum absolute atomic E-state index is 0.394. The molecule has 20 heavy (non-hydrogen) atoms. The summed E-state index contributed by atoms with van der Waals surface area (Å²) in [5.41, 5.74) is 0.877. The van der Waals surface area contributed by atoms with Crippen LogP contribution in [0.4, 0.5) is 0 Å². The first-order chi connectivity index (χ1) is 9.90. The summed E-state index contributed by atoms with van der Waals surface area (Å²) in [7, 11) is 0. The molecular formula is C14H9N5O. The Hall–Kier alpha value is -3.02. The van der Waals surface area contributed by atoms with Crippen LogP contribution in [0.2, 0.25) is 0 Å². The number of hydrogen-bond donors (Lipinski definition) is 1. The van der Waals surface area contributed by atoms with Crippen LogP contribution in [0.5, 0.6) is 0 Å². The largest absolute Gasteiger partial charge is 0.334 e. The molecule has 0 aliphatic rings. The molecule has 4 rings (SSSR count). The topological polar surface area (TPSA) is 80.5 Å². The number of rotatable bonds is 2. The Balaban J connectivity index is 1.79. The molecule has 0 saturated heterocycles. The molecule has 2 aromatic heterocycles. The van der Waals surface area contributed by atoms with E-state index in [4.69, 9.17) is 4.52 Å². The number of hydrogen-bond acceptors (Lipinski definition) is 5. The fraction of sp³-hybridized carbons (Fsp3) is 0. The highest BCUT2D eigenvalue weighted by molar-refractivity contribution is 5.86. The van der Waals surface area contributed by atoms with Gasteiger partial charge in [-0.25, -0.2) is 4.98 Å². The number of aromatic amines is 1. The van der Waals surface area contributed by atoms with E-state index in [-0.39, 0.29) is 0 Å². The van der Waals surface area contributed by atoms with Crippen LogP contribution in [-0.4, -0.2) is 25.3 Å². The van der Waals surface area contributed by atoms with Crippen molar-refractivity contribution < 1.29 is 4.52 Å². The average Bonchev–Trinajstić information content (AvgIpc) is 3.17. The SMILES string of the molecule is c1ccc2cc(-c3nc(-c4ncn[nH]4)no3)ccc2c1. The van der Waals surface area contributed by atoms with Crippen molar-refractivity contribution in [2.24, 2.45) is 0 Å². The van der Waals surface area contributed by atoms with Crippen LogP contribution in [0, 0.1) is 0 Å². The minimum atomic E-state index is 0.394. The molecule has 0 spiro atoms. The van der Waals surface area contributed by atoms with Gasteiger partial charge in [-0.3, -0.25) is 5.10 Å². The van der Waals surface area contributed by atoms with Crippen LogP contribution < -0.4 is 0 Å². The Bertz CT molecular complexity index is 866. The lowest BCUT2D eigenvalue weighted by molar-refractivity contribution is 0.432. The van der Waals surface area contributed by atoms with Gasteiger partial charge >= 0.3 is 0 Å². The lowest BCUT2D eigenvalue weighted by atomic mass is 10.1. The second-order valence-electron chi connectivity index (χ2n) is 4.32. The molecule has 0 aliphatic carbocycles. The van der Waals surface area contributed by atoms with Gasteiger partial charge in [0.2, 0.25) is 5.82 Å². The first-order valence-electron chi connectivity index (χ1n) is 6.09. The van der Waals surface area contributed by atoms with Crippen LogP contribution in [0.25, 0.3) is 33.9 Å². The van der Waals surface area contributed by atoms with Gasteiger partial charge in [-0.2, -0.15) is 10.1 Å². The highest BCUT2D eigenvalue weighted by Crippen LogP contribution is 2.24. The predicted molar refractivity (Wildman–Crippen MR) is 72.6 cm³/mol. The van der Waals surface area contributed by atoms with E-state index in [1.165, 1.54) is 11.7 Å². The van der Waals surface area contributed by atoms with E-state index in [1.54, 1.807) is 0 Å². The summed E-state index contributed by atoms with van der Waals surface area (Å²) in [5, 5.41) is 12.7. The zero-order chi connectivity index (χ0) is 13.4. The van der Waals surface area contributed by atoms with Crippen LogP contribution in [-0.2, 0) is 0 Å². The lowest BCUT2D eigenvalue weighted by Crippen LogP contribution is -1.83. The number of fused-ring (bicyclic) bond motifs is 1. The van der Waals surface area contributed by atoms with Crippen molar-refractivity contribution in [2.45, 2.75) is 0 Å². The summed E-state index contributed by atoms with van der Waals surface area (Å²) < 4.78 is 5.27. The van der Waals surface area contributed by atoms with E-state index < -0.39 is 0 Å². The van der Waals surface area contributed by atoms with Crippen molar-refractivity contribution in [2.75, 3.05) is 0 Å². The lowest BCUT2D eigenvalue weighted by Gasteiger charge is -1.98. The molecular weight excluding hydrogens is 254 g/mol. The average molecular weight is 263 g/mol. The van der Waals surface area contributed by atoms with Gasteiger partial charge < -0.3 is 4.52 Å². The second kappa shape index (κ2) is 4.27. The Morgan fingerprint density at radius 1 is 1.00 bits per heavy atom. The summed E-state index contributed by atoms with van der Waals surface area (Å²) in [6.45, 7) is 0. The van der Waals surface area contributed by atoms with Crippen LogP contribution in [0.3, 0.4) is 0 Å². The number of H-pyrrole nitrogens is 1. The van der Waals surface area contributed by atoms with Gasteiger partial charge in [0.05, 0.1) is 0 Å². The molecule has 2 heterocycles. The maximum Gasteiger partial charge on any atom is 0.258 e. The highest BCUT2D eigenvalue weighted by Gasteiger charge is 2.12. The van der Waals surface area contributed by atoms with Gasteiger partial charge in [0.15, 0.2) is 5.82 Å². The Labute approximate surface area is 113 Å². The van der Waals surface area contributed by atoms with E-state index >= 15 is 0 Å². The van der Waals surface area contributed by atoms with E-state index in [1.807, 2.05) is 36.4 Å². The van der Waals surface area contributed by atoms with Gasteiger partial charge in [-0.15, -0.1) is 0 Å². The van der Waals surface area contributed by atoms with Gasteiger partial charge in [0.25, 0.3) is 5.89 Å². The summed E-state index contributed by atoms with van der Waals surface area (Å²) in [5.74, 6) is 1.34. The molecule has 0 atom stereocenters. The monoisotopic (exact) mass is 263 g/mol. The zero-order valence-electron chi connectivity index (χ0n) is 10.3.